The number of hydrogen-bond acceptors (Lipinski definition) is 1. The Morgan fingerprint density at radius 3 is 2.47 bits per heavy atom. The van der Waals surface area contributed by atoms with Gasteiger partial charge in [0.15, 0.2) is 5.43 Å². The molecule has 1 aliphatic rings. The number of pyridine rings is 1. The van der Waals surface area contributed by atoms with Crippen LogP contribution in [0.4, 0.5) is 0 Å². The first-order valence-corrected chi connectivity index (χ1v) is 12.1. The van der Waals surface area contributed by atoms with Gasteiger partial charge in [-0.3, -0.25) is 4.79 Å². The van der Waals surface area contributed by atoms with E-state index in [2.05, 4.69) is 50.2 Å². The molecule has 0 amide bonds. The average Bonchev–Trinajstić information content (AvgIpc) is 2.73. The maximum atomic E-state index is 12.8. The maximum Gasteiger partial charge on any atom is 0.189 e. The van der Waals surface area contributed by atoms with E-state index in [1.54, 1.807) is 0 Å². The van der Waals surface area contributed by atoms with E-state index in [0.717, 1.165) is 36.1 Å². The Kier molecular flexibility index (Phi) is 7.75. The van der Waals surface area contributed by atoms with E-state index in [-0.39, 0.29) is 5.43 Å². The van der Waals surface area contributed by atoms with Gasteiger partial charge in [-0.25, -0.2) is 0 Å². The van der Waals surface area contributed by atoms with E-state index in [1.165, 1.54) is 67.2 Å². The minimum atomic E-state index is 0.0949. The van der Waals surface area contributed by atoms with Crippen LogP contribution in [-0.2, 0) is 19.3 Å². The molecule has 162 valence electrons. The summed E-state index contributed by atoms with van der Waals surface area (Å²) in [4.78, 5) is 12.8. The van der Waals surface area contributed by atoms with E-state index in [0.29, 0.717) is 6.04 Å². The largest absolute Gasteiger partial charge is 0.343 e. The molecule has 0 fully saturated rings. The lowest BCUT2D eigenvalue weighted by Crippen LogP contribution is -2.24. The van der Waals surface area contributed by atoms with Crippen LogP contribution >= 0.6 is 0 Å². The lowest BCUT2D eigenvalue weighted by molar-refractivity contribution is 0.439. The Labute approximate surface area is 183 Å². The summed E-state index contributed by atoms with van der Waals surface area (Å²) in [5.41, 5.74) is 8.47. The number of rotatable bonds is 10. The monoisotopic (exact) mass is 405 g/mol. The molecule has 2 aromatic rings. The predicted octanol–water partition coefficient (Wildman–Crippen LogP) is 7.52. The van der Waals surface area contributed by atoms with Crippen molar-refractivity contribution < 1.29 is 0 Å². The maximum absolute atomic E-state index is 12.8. The molecule has 0 saturated carbocycles. The van der Waals surface area contributed by atoms with Gasteiger partial charge in [0, 0.05) is 29.4 Å². The van der Waals surface area contributed by atoms with Gasteiger partial charge >= 0.3 is 0 Å². The van der Waals surface area contributed by atoms with Gasteiger partial charge in [-0.15, -0.1) is 0 Å². The van der Waals surface area contributed by atoms with Crippen LogP contribution in [0.3, 0.4) is 0 Å². The first kappa shape index (κ1) is 22.6. The smallest absolute Gasteiger partial charge is 0.189 e. The van der Waals surface area contributed by atoms with Crippen molar-refractivity contribution in [3.63, 3.8) is 0 Å². The number of unbranched alkanes of at least 4 members (excludes halogenated alkanes) is 4. The number of benzene rings is 1. The van der Waals surface area contributed by atoms with Gasteiger partial charge in [-0.2, -0.15) is 0 Å². The highest BCUT2D eigenvalue weighted by Crippen LogP contribution is 2.38. The molecule has 0 bridgehead atoms. The minimum absolute atomic E-state index is 0.0949. The van der Waals surface area contributed by atoms with Crippen molar-refractivity contribution >= 4 is 5.57 Å². The summed E-state index contributed by atoms with van der Waals surface area (Å²) in [6, 6.07) is 7.14. The van der Waals surface area contributed by atoms with E-state index in [9.17, 15) is 4.79 Å². The van der Waals surface area contributed by atoms with Gasteiger partial charge in [0.2, 0.25) is 0 Å². The number of nitrogens with zero attached hydrogens (tertiary/aromatic N) is 1. The van der Waals surface area contributed by atoms with Crippen molar-refractivity contribution in [3.05, 3.63) is 63.5 Å². The topological polar surface area (TPSA) is 22.0 Å². The minimum Gasteiger partial charge on any atom is -0.343 e. The standard InChI is InChI=1S/C28H39NO/c1-6-9-11-12-13-22-15-23-16-24(14-10-7-2)29-19-26(20(4)5)28(30)18-27(29)25(23)17-21(22)8-3/h15,17-19,24H,4,6-14,16H2,1-3,5H3. The quantitative estimate of drug-likeness (QED) is 0.375. The van der Waals surface area contributed by atoms with Crippen LogP contribution in [-0.4, -0.2) is 4.57 Å². The molecule has 0 N–H and O–H groups in total. The molecule has 30 heavy (non-hydrogen) atoms. The molecule has 0 aliphatic carbocycles. The Hall–Kier alpha value is -2.09. The molecule has 1 unspecified atom stereocenters. The summed E-state index contributed by atoms with van der Waals surface area (Å²) in [6.45, 7) is 12.7. The number of fused-ring (bicyclic) bond motifs is 3. The lowest BCUT2D eigenvalue weighted by atomic mass is 9.85. The van der Waals surface area contributed by atoms with Crippen LogP contribution in [0.5, 0.6) is 0 Å². The second-order valence-corrected chi connectivity index (χ2v) is 9.07. The SMILES string of the molecule is C=C(C)c1cn2c(cc1=O)-c1cc(CC)c(CCCCCC)cc1CC2CCCC. The third-order valence-electron chi connectivity index (χ3n) is 6.66. The van der Waals surface area contributed by atoms with Crippen molar-refractivity contribution in [1.29, 1.82) is 0 Å². The third kappa shape index (κ3) is 4.79. The zero-order valence-corrected chi connectivity index (χ0v) is 19.5. The second-order valence-electron chi connectivity index (χ2n) is 9.07. The molecule has 2 nitrogen and oxygen atoms in total. The Balaban J connectivity index is 2.06. The van der Waals surface area contributed by atoms with Crippen molar-refractivity contribution in [3.8, 4) is 11.3 Å². The fourth-order valence-electron chi connectivity index (χ4n) is 4.87. The molecule has 1 aliphatic heterocycles. The summed E-state index contributed by atoms with van der Waals surface area (Å²) >= 11 is 0. The summed E-state index contributed by atoms with van der Waals surface area (Å²) in [5.74, 6) is 0. The van der Waals surface area contributed by atoms with Gasteiger partial charge in [-0.1, -0.05) is 65.5 Å². The van der Waals surface area contributed by atoms with Crippen LogP contribution in [0.1, 0.15) is 101 Å². The summed E-state index contributed by atoms with van der Waals surface area (Å²) in [5, 5.41) is 0. The zero-order chi connectivity index (χ0) is 21.7. The number of aryl methyl sites for hydroxylation is 2. The average molecular weight is 406 g/mol. The molecular weight excluding hydrogens is 366 g/mol. The number of allylic oxidation sites excluding steroid dienone is 1. The van der Waals surface area contributed by atoms with Gasteiger partial charge in [-0.05, 0) is 67.4 Å². The molecule has 1 aromatic carbocycles. The normalized spacial score (nSPS) is 15.0. The molecule has 0 spiro atoms. The van der Waals surface area contributed by atoms with Gasteiger partial charge in [0.05, 0.1) is 5.69 Å². The predicted molar refractivity (Wildman–Crippen MR) is 130 cm³/mol. The highest BCUT2D eigenvalue weighted by atomic mass is 16.1. The molecule has 2 heteroatoms. The van der Waals surface area contributed by atoms with E-state index < -0.39 is 0 Å². The zero-order valence-electron chi connectivity index (χ0n) is 19.5. The van der Waals surface area contributed by atoms with Crippen molar-refractivity contribution in [2.24, 2.45) is 0 Å². The van der Waals surface area contributed by atoms with Crippen LogP contribution in [0.2, 0.25) is 0 Å². The summed E-state index contributed by atoms with van der Waals surface area (Å²) in [7, 11) is 0. The van der Waals surface area contributed by atoms with Gasteiger partial charge in [0.25, 0.3) is 0 Å². The molecule has 0 saturated heterocycles. The molecule has 1 atom stereocenters. The fraction of sp³-hybridized carbons (Fsp3) is 0.536. The molecule has 0 radical (unpaired) electrons. The van der Waals surface area contributed by atoms with Crippen molar-refractivity contribution in [1.82, 2.24) is 4.57 Å². The Morgan fingerprint density at radius 2 is 1.80 bits per heavy atom. The molecule has 2 heterocycles. The molecule has 1 aromatic heterocycles. The van der Waals surface area contributed by atoms with E-state index in [1.807, 2.05) is 13.0 Å². The third-order valence-corrected chi connectivity index (χ3v) is 6.66. The van der Waals surface area contributed by atoms with Crippen molar-refractivity contribution in [2.75, 3.05) is 0 Å². The lowest BCUT2D eigenvalue weighted by Gasteiger charge is -2.32. The van der Waals surface area contributed by atoms with E-state index in [4.69, 9.17) is 0 Å². The molecule has 3 rings (SSSR count). The summed E-state index contributed by atoms with van der Waals surface area (Å²) in [6.07, 6.45) is 14.1. The van der Waals surface area contributed by atoms with Gasteiger partial charge < -0.3 is 4.57 Å². The first-order valence-electron chi connectivity index (χ1n) is 12.1. The second kappa shape index (κ2) is 10.3. The highest BCUT2D eigenvalue weighted by molar-refractivity contribution is 5.71. The van der Waals surface area contributed by atoms with Crippen LogP contribution in [0.25, 0.3) is 16.8 Å². The Bertz CT molecular complexity index is 950. The molecular formula is C28H39NO. The fourth-order valence-corrected chi connectivity index (χ4v) is 4.87. The Morgan fingerprint density at radius 1 is 1.03 bits per heavy atom. The van der Waals surface area contributed by atoms with Crippen LogP contribution in [0, 0.1) is 0 Å². The van der Waals surface area contributed by atoms with E-state index >= 15 is 0 Å². The van der Waals surface area contributed by atoms with Crippen LogP contribution < -0.4 is 5.43 Å². The number of aromatic nitrogens is 1. The van der Waals surface area contributed by atoms with Crippen LogP contribution in [0.15, 0.2) is 35.8 Å². The summed E-state index contributed by atoms with van der Waals surface area (Å²) < 4.78 is 2.38. The first-order chi connectivity index (χ1) is 14.5. The highest BCUT2D eigenvalue weighted by Gasteiger charge is 2.25. The van der Waals surface area contributed by atoms with Crippen molar-refractivity contribution in [2.45, 2.75) is 97.9 Å². The number of hydrogen-bond donors (Lipinski definition) is 0. The van der Waals surface area contributed by atoms with Gasteiger partial charge in [0.1, 0.15) is 0 Å².